The smallest absolute Gasteiger partial charge is 0.0541 e. The highest BCUT2D eigenvalue weighted by molar-refractivity contribution is 6.09. The van der Waals surface area contributed by atoms with Gasteiger partial charge in [-0.25, -0.2) is 0 Å². The Morgan fingerprint density at radius 2 is 0.848 bits per heavy atom. The normalized spacial score (nSPS) is 20.6. The molecule has 318 valence electrons. The van der Waals surface area contributed by atoms with E-state index in [0.717, 1.165) is 46.4 Å². The predicted molar refractivity (Wildman–Crippen MR) is 277 cm³/mol. The van der Waals surface area contributed by atoms with Crippen LogP contribution in [0.1, 0.15) is 38.2 Å². The van der Waals surface area contributed by atoms with Gasteiger partial charge in [0.2, 0.25) is 0 Å². The molecule has 0 bridgehead atoms. The monoisotopic (exact) mass is 848 g/mol. The fraction of sp³-hybridized carbons (Fsp3) is 0.156. The summed E-state index contributed by atoms with van der Waals surface area (Å²) in [6, 6.07) is 83.0. The molecule has 0 aliphatic heterocycles. The third kappa shape index (κ3) is 6.45. The van der Waals surface area contributed by atoms with Crippen LogP contribution in [0.15, 0.2) is 224 Å². The van der Waals surface area contributed by atoms with Crippen molar-refractivity contribution in [2.24, 2.45) is 23.7 Å². The highest BCUT2D eigenvalue weighted by Gasteiger charge is 2.65. The molecule has 0 N–H and O–H groups in total. The van der Waals surface area contributed by atoms with Gasteiger partial charge in [0.05, 0.1) is 11.0 Å². The lowest BCUT2D eigenvalue weighted by Crippen LogP contribution is -2.65. The van der Waals surface area contributed by atoms with E-state index in [1.807, 2.05) is 0 Å². The molecule has 9 aromatic carbocycles. The minimum Gasteiger partial charge on any atom is -0.311 e. The van der Waals surface area contributed by atoms with Gasteiger partial charge in [0.25, 0.3) is 0 Å². The first-order chi connectivity index (χ1) is 32.6. The highest BCUT2D eigenvalue weighted by atomic mass is 15.1. The molecule has 3 aliphatic rings. The maximum absolute atomic E-state index is 2.49. The molecule has 1 aromatic heterocycles. The van der Waals surface area contributed by atoms with Crippen molar-refractivity contribution in [2.45, 2.75) is 38.0 Å². The molecule has 3 aliphatic carbocycles. The summed E-state index contributed by atoms with van der Waals surface area (Å²) in [7, 11) is 0. The van der Waals surface area contributed by atoms with E-state index in [-0.39, 0.29) is 0 Å². The number of rotatable bonds is 9. The van der Waals surface area contributed by atoms with Gasteiger partial charge in [-0.1, -0.05) is 165 Å². The Kier molecular flexibility index (Phi) is 9.24. The van der Waals surface area contributed by atoms with Gasteiger partial charge < -0.3 is 9.47 Å². The fourth-order valence-electron chi connectivity index (χ4n) is 12.9. The van der Waals surface area contributed by atoms with Crippen LogP contribution >= 0.6 is 0 Å². The third-order valence-electron chi connectivity index (χ3n) is 15.8. The Balaban J connectivity index is 0.833. The van der Waals surface area contributed by atoms with Crippen LogP contribution in [-0.4, -0.2) is 4.57 Å². The fourth-order valence-corrected chi connectivity index (χ4v) is 12.9. The summed E-state index contributed by atoms with van der Waals surface area (Å²) in [5.41, 5.74) is 18.7. The Hall–Kier alpha value is -7.42. The van der Waals surface area contributed by atoms with E-state index >= 15 is 0 Å². The zero-order valence-corrected chi connectivity index (χ0v) is 37.4. The van der Waals surface area contributed by atoms with Crippen LogP contribution < -0.4 is 4.90 Å². The van der Waals surface area contributed by atoms with Gasteiger partial charge in [-0.2, -0.15) is 0 Å². The van der Waals surface area contributed by atoms with Gasteiger partial charge >= 0.3 is 0 Å². The van der Waals surface area contributed by atoms with Crippen molar-refractivity contribution < 1.29 is 0 Å². The lowest BCUT2D eigenvalue weighted by atomic mass is 9.34. The van der Waals surface area contributed by atoms with E-state index in [0.29, 0.717) is 5.41 Å². The predicted octanol–water partition coefficient (Wildman–Crippen LogP) is 17.2. The van der Waals surface area contributed by atoms with Crippen LogP contribution in [0.4, 0.5) is 17.1 Å². The van der Waals surface area contributed by atoms with Crippen molar-refractivity contribution in [3.05, 3.63) is 230 Å². The zero-order valence-electron chi connectivity index (χ0n) is 37.4. The first-order valence-corrected chi connectivity index (χ1v) is 24.0. The SMILES string of the molecule is C[C@H]1CC2C[C@H]3CC(c4ccc(-c5ccc(N(c6ccc(-c7cccc(-c8ccccc8)c7)cc6)c6ccc(-c7cccc(-n8c9ccccc9c9ccccc98)c7)cc6)cc5)cc4)(C1)C23. The van der Waals surface area contributed by atoms with E-state index in [2.05, 4.69) is 241 Å². The molecule has 2 nitrogen and oxygen atoms in total. The van der Waals surface area contributed by atoms with Crippen molar-refractivity contribution in [1.82, 2.24) is 4.57 Å². The summed E-state index contributed by atoms with van der Waals surface area (Å²) < 4.78 is 2.40. The van der Waals surface area contributed by atoms with Crippen molar-refractivity contribution in [3.63, 3.8) is 0 Å². The second-order valence-corrected chi connectivity index (χ2v) is 19.6. The number of hydrogen-bond donors (Lipinski definition) is 0. The number of aromatic nitrogens is 1. The van der Waals surface area contributed by atoms with E-state index < -0.39 is 0 Å². The summed E-state index contributed by atoms with van der Waals surface area (Å²) in [6.07, 6.45) is 5.69. The number of benzene rings is 9. The molecule has 0 amide bonds. The summed E-state index contributed by atoms with van der Waals surface area (Å²) in [5.74, 6) is 3.72. The lowest BCUT2D eigenvalue weighted by Gasteiger charge is -2.70. The summed E-state index contributed by atoms with van der Waals surface area (Å²) in [5, 5.41) is 2.55. The second-order valence-electron chi connectivity index (χ2n) is 19.6. The van der Waals surface area contributed by atoms with Crippen LogP contribution in [0.25, 0.3) is 72.0 Å². The molecule has 5 atom stereocenters. The number of nitrogens with zero attached hydrogens (tertiary/aromatic N) is 2. The second kappa shape index (κ2) is 15.6. The zero-order chi connectivity index (χ0) is 43.8. The summed E-state index contributed by atoms with van der Waals surface area (Å²) >= 11 is 0. The van der Waals surface area contributed by atoms with E-state index in [9.17, 15) is 0 Å². The molecule has 3 unspecified atom stereocenters. The molecule has 13 rings (SSSR count). The first-order valence-electron chi connectivity index (χ1n) is 24.0. The van der Waals surface area contributed by atoms with Crippen LogP contribution in [0.2, 0.25) is 0 Å². The van der Waals surface area contributed by atoms with Gasteiger partial charge in [-0.05, 0) is 172 Å². The van der Waals surface area contributed by atoms with Crippen LogP contribution in [0.5, 0.6) is 0 Å². The Morgan fingerprint density at radius 3 is 1.41 bits per heavy atom. The van der Waals surface area contributed by atoms with Crippen molar-refractivity contribution in [3.8, 4) is 50.2 Å². The van der Waals surface area contributed by atoms with Crippen LogP contribution in [0, 0.1) is 23.7 Å². The first kappa shape index (κ1) is 39.0. The minimum atomic E-state index is 0.430. The third-order valence-corrected chi connectivity index (χ3v) is 15.8. The van der Waals surface area contributed by atoms with Crippen molar-refractivity contribution >= 4 is 38.9 Å². The van der Waals surface area contributed by atoms with E-state index in [4.69, 9.17) is 0 Å². The molecule has 0 saturated heterocycles. The van der Waals surface area contributed by atoms with Gasteiger partial charge in [0.1, 0.15) is 0 Å². The Labute approximate surface area is 388 Å². The minimum absolute atomic E-state index is 0.430. The molecule has 66 heavy (non-hydrogen) atoms. The van der Waals surface area contributed by atoms with E-state index in [1.54, 1.807) is 5.56 Å². The maximum atomic E-state index is 2.49. The molecule has 3 fully saturated rings. The standard InChI is InChI=1S/C64H52N2/c1-43-37-52-39-53-42-64(41-43,63(52)53)54-29-21-45(22-30-54)46-23-31-55(32-24-46)65(56-33-25-47(26-34-56)50-14-9-13-49(38-50)44-11-3-2-4-12-44)57-35-27-48(28-36-57)51-15-10-16-58(40-51)66-61-19-7-5-17-59(61)60-18-6-8-20-62(60)66/h2-36,38,40,43,52-53,63H,37,39,41-42H2,1H3/t43-,52?,53-,63?,64?/m0/s1. The molecule has 3 saturated carbocycles. The number of para-hydroxylation sites is 2. The van der Waals surface area contributed by atoms with Gasteiger partial charge in [0.15, 0.2) is 0 Å². The lowest BCUT2D eigenvalue weighted by molar-refractivity contribution is -0.159. The maximum Gasteiger partial charge on any atom is 0.0541 e. The van der Waals surface area contributed by atoms with Gasteiger partial charge in [-0.3, -0.25) is 0 Å². The highest BCUT2D eigenvalue weighted by Crippen LogP contribution is 2.71. The van der Waals surface area contributed by atoms with Crippen molar-refractivity contribution in [2.75, 3.05) is 4.90 Å². The van der Waals surface area contributed by atoms with Crippen molar-refractivity contribution in [1.29, 1.82) is 0 Å². The molecular formula is C64H52N2. The van der Waals surface area contributed by atoms with Gasteiger partial charge in [0, 0.05) is 33.5 Å². The molecule has 10 aromatic rings. The molecule has 0 radical (unpaired) electrons. The number of hydrogen-bond acceptors (Lipinski definition) is 1. The number of fused-ring (bicyclic) bond motifs is 3. The Morgan fingerprint density at radius 1 is 0.394 bits per heavy atom. The molecule has 0 spiro atoms. The molecular weight excluding hydrogens is 797 g/mol. The Bertz CT molecular complexity index is 3330. The van der Waals surface area contributed by atoms with Crippen LogP contribution in [0.3, 0.4) is 0 Å². The molecule has 1 heterocycles. The molecule has 2 heteroatoms. The largest absolute Gasteiger partial charge is 0.311 e. The van der Waals surface area contributed by atoms with Crippen LogP contribution in [-0.2, 0) is 5.41 Å². The number of anilines is 3. The quantitative estimate of drug-likeness (QED) is 0.140. The summed E-state index contributed by atoms with van der Waals surface area (Å²) in [4.78, 5) is 2.39. The summed E-state index contributed by atoms with van der Waals surface area (Å²) in [6.45, 7) is 2.49. The average molecular weight is 849 g/mol. The topological polar surface area (TPSA) is 8.17 Å². The average Bonchev–Trinajstić information content (AvgIpc) is 3.70. The van der Waals surface area contributed by atoms with E-state index in [1.165, 1.54) is 92.0 Å². The van der Waals surface area contributed by atoms with Gasteiger partial charge in [-0.15, -0.1) is 0 Å².